The predicted molar refractivity (Wildman–Crippen MR) is 90.6 cm³/mol. The van der Waals surface area contributed by atoms with Gasteiger partial charge in [0, 0.05) is 5.69 Å². The molecule has 0 saturated carbocycles. The monoisotopic (exact) mass is 297 g/mol. The summed E-state index contributed by atoms with van der Waals surface area (Å²) in [6.07, 6.45) is 0. The lowest BCUT2D eigenvalue weighted by atomic mass is 10.0. The molecule has 2 aromatic carbocycles. The van der Waals surface area contributed by atoms with Crippen LogP contribution in [0.3, 0.4) is 0 Å². The highest BCUT2D eigenvalue weighted by Gasteiger charge is 2.10. The number of amides is 1. The number of benzene rings is 2. The molecule has 22 heavy (non-hydrogen) atoms. The van der Waals surface area contributed by atoms with Crippen molar-refractivity contribution in [3.63, 3.8) is 0 Å². The van der Waals surface area contributed by atoms with Crippen LogP contribution in [0.15, 0.2) is 42.5 Å². The summed E-state index contributed by atoms with van der Waals surface area (Å²) in [6.45, 7) is 8.26. The number of ether oxygens (including phenoxy) is 1. The van der Waals surface area contributed by atoms with Crippen LogP contribution in [0.5, 0.6) is 5.75 Å². The van der Waals surface area contributed by atoms with Crippen LogP contribution >= 0.6 is 0 Å². The zero-order valence-corrected chi connectivity index (χ0v) is 13.6. The van der Waals surface area contributed by atoms with Gasteiger partial charge in [-0.3, -0.25) is 4.79 Å². The van der Waals surface area contributed by atoms with Crippen LogP contribution in [-0.4, -0.2) is 12.5 Å². The second-order valence-corrected chi connectivity index (χ2v) is 5.78. The average Bonchev–Trinajstić information content (AvgIpc) is 2.50. The first-order valence-electron chi connectivity index (χ1n) is 7.57. The first-order valence-corrected chi connectivity index (χ1v) is 7.57. The molecule has 2 rings (SSSR count). The van der Waals surface area contributed by atoms with Gasteiger partial charge in [0.2, 0.25) is 0 Å². The molecule has 0 spiro atoms. The molecule has 0 bridgehead atoms. The molecule has 0 aliphatic heterocycles. The third kappa shape index (κ3) is 3.88. The van der Waals surface area contributed by atoms with Crippen LogP contribution in [-0.2, 0) is 4.79 Å². The number of carbonyl (C=O) groups excluding carboxylic acids is 1. The number of anilines is 1. The number of nitrogens with one attached hydrogen (secondary N) is 1. The topological polar surface area (TPSA) is 38.3 Å². The van der Waals surface area contributed by atoms with Crippen LogP contribution in [0, 0.1) is 13.8 Å². The van der Waals surface area contributed by atoms with E-state index in [0.29, 0.717) is 5.92 Å². The van der Waals surface area contributed by atoms with Gasteiger partial charge >= 0.3 is 0 Å². The molecule has 116 valence electrons. The van der Waals surface area contributed by atoms with Crippen LogP contribution in [0.4, 0.5) is 5.69 Å². The molecule has 0 atom stereocenters. The van der Waals surface area contributed by atoms with Crippen molar-refractivity contribution in [2.45, 2.75) is 33.6 Å². The number of carbonyl (C=O) groups is 1. The summed E-state index contributed by atoms with van der Waals surface area (Å²) >= 11 is 0. The fraction of sp³-hybridized carbons (Fsp3) is 0.316. The maximum absolute atomic E-state index is 12.1. The van der Waals surface area contributed by atoms with Crippen LogP contribution < -0.4 is 10.1 Å². The minimum absolute atomic E-state index is 0.0110. The lowest BCUT2D eigenvalue weighted by Gasteiger charge is -2.14. The minimum atomic E-state index is -0.146. The number of hydrogen-bond acceptors (Lipinski definition) is 2. The van der Waals surface area contributed by atoms with Gasteiger partial charge in [-0.2, -0.15) is 0 Å². The Kier molecular flexibility index (Phi) is 5.21. The van der Waals surface area contributed by atoms with Gasteiger partial charge in [0.05, 0.1) is 0 Å². The Hall–Kier alpha value is -2.29. The lowest BCUT2D eigenvalue weighted by Crippen LogP contribution is -2.21. The lowest BCUT2D eigenvalue weighted by molar-refractivity contribution is -0.118. The molecule has 0 unspecified atom stereocenters. The molecule has 0 saturated heterocycles. The van der Waals surface area contributed by atoms with Gasteiger partial charge in [-0.1, -0.05) is 44.2 Å². The summed E-state index contributed by atoms with van der Waals surface area (Å²) in [7, 11) is 0. The van der Waals surface area contributed by atoms with E-state index < -0.39 is 0 Å². The molecule has 0 aliphatic rings. The van der Waals surface area contributed by atoms with Gasteiger partial charge in [0.15, 0.2) is 6.61 Å². The minimum Gasteiger partial charge on any atom is -0.483 e. The fourth-order valence-corrected chi connectivity index (χ4v) is 2.31. The molecule has 0 fully saturated rings. The number of aryl methyl sites for hydroxylation is 1. The van der Waals surface area contributed by atoms with E-state index in [1.54, 1.807) is 0 Å². The third-order valence-electron chi connectivity index (χ3n) is 3.78. The third-order valence-corrected chi connectivity index (χ3v) is 3.78. The highest BCUT2D eigenvalue weighted by Crippen LogP contribution is 2.25. The summed E-state index contributed by atoms with van der Waals surface area (Å²) in [6, 6.07) is 13.7. The maximum atomic E-state index is 12.1. The number of para-hydroxylation sites is 1. The van der Waals surface area contributed by atoms with Gasteiger partial charge in [-0.05, 0) is 48.6 Å². The fourth-order valence-electron chi connectivity index (χ4n) is 2.31. The Labute approximate surface area is 132 Å². The predicted octanol–water partition coefficient (Wildman–Crippen LogP) is 4.44. The van der Waals surface area contributed by atoms with Crippen molar-refractivity contribution in [2.24, 2.45) is 0 Å². The van der Waals surface area contributed by atoms with Crippen molar-refractivity contribution in [1.82, 2.24) is 0 Å². The van der Waals surface area contributed by atoms with E-state index in [0.717, 1.165) is 28.1 Å². The van der Waals surface area contributed by atoms with Crippen molar-refractivity contribution in [3.8, 4) is 5.75 Å². The van der Waals surface area contributed by atoms with Gasteiger partial charge in [0.25, 0.3) is 5.91 Å². The van der Waals surface area contributed by atoms with E-state index in [9.17, 15) is 4.79 Å². The van der Waals surface area contributed by atoms with E-state index in [1.165, 1.54) is 0 Å². The largest absolute Gasteiger partial charge is 0.483 e. The van der Waals surface area contributed by atoms with Crippen molar-refractivity contribution in [2.75, 3.05) is 11.9 Å². The normalized spacial score (nSPS) is 10.6. The zero-order chi connectivity index (χ0) is 16.1. The Morgan fingerprint density at radius 3 is 2.55 bits per heavy atom. The molecular weight excluding hydrogens is 274 g/mol. The molecule has 3 heteroatoms. The van der Waals surface area contributed by atoms with E-state index in [1.807, 2.05) is 56.3 Å². The molecule has 0 radical (unpaired) electrons. The molecule has 0 aliphatic carbocycles. The Balaban J connectivity index is 2.00. The summed E-state index contributed by atoms with van der Waals surface area (Å²) < 4.78 is 5.69. The van der Waals surface area contributed by atoms with Crippen LogP contribution in [0.1, 0.15) is 36.5 Å². The summed E-state index contributed by atoms with van der Waals surface area (Å²) in [5, 5.41) is 2.91. The highest BCUT2D eigenvalue weighted by molar-refractivity contribution is 5.92. The Morgan fingerprint density at radius 2 is 1.82 bits per heavy atom. The van der Waals surface area contributed by atoms with Crippen LogP contribution in [0.2, 0.25) is 0 Å². The first kappa shape index (κ1) is 16.1. The van der Waals surface area contributed by atoms with Gasteiger partial charge in [0.1, 0.15) is 5.75 Å². The van der Waals surface area contributed by atoms with Crippen molar-refractivity contribution >= 4 is 11.6 Å². The van der Waals surface area contributed by atoms with E-state index in [4.69, 9.17) is 4.74 Å². The quantitative estimate of drug-likeness (QED) is 0.885. The maximum Gasteiger partial charge on any atom is 0.262 e. The van der Waals surface area contributed by atoms with Crippen LogP contribution in [0.25, 0.3) is 0 Å². The number of hydrogen-bond donors (Lipinski definition) is 1. The number of rotatable bonds is 5. The van der Waals surface area contributed by atoms with Crippen molar-refractivity contribution < 1.29 is 9.53 Å². The molecule has 0 aromatic heterocycles. The van der Waals surface area contributed by atoms with Crippen molar-refractivity contribution in [1.29, 1.82) is 0 Å². The molecule has 1 N–H and O–H groups in total. The Morgan fingerprint density at radius 1 is 1.09 bits per heavy atom. The zero-order valence-electron chi connectivity index (χ0n) is 13.6. The first-order chi connectivity index (χ1) is 10.5. The molecule has 2 aromatic rings. The summed E-state index contributed by atoms with van der Waals surface area (Å²) in [4.78, 5) is 12.1. The smallest absolute Gasteiger partial charge is 0.262 e. The van der Waals surface area contributed by atoms with E-state index in [-0.39, 0.29) is 12.5 Å². The average molecular weight is 297 g/mol. The Bertz CT molecular complexity index is 662. The van der Waals surface area contributed by atoms with Gasteiger partial charge in [-0.15, -0.1) is 0 Å². The SMILES string of the molecule is Cc1cccc(NC(=O)COc2ccccc2C(C)C)c1C. The molecule has 3 nitrogen and oxygen atoms in total. The summed E-state index contributed by atoms with van der Waals surface area (Å²) in [5.41, 5.74) is 4.19. The van der Waals surface area contributed by atoms with Gasteiger partial charge in [-0.25, -0.2) is 0 Å². The molecular formula is C19H23NO2. The summed E-state index contributed by atoms with van der Waals surface area (Å²) in [5.74, 6) is 0.985. The standard InChI is InChI=1S/C19H23NO2/c1-13(2)16-9-5-6-11-18(16)22-12-19(21)20-17-10-7-8-14(3)15(17)4/h5-11,13H,12H2,1-4H3,(H,20,21). The van der Waals surface area contributed by atoms with E-state index >= 15 is 0 Å². The van der Waals surface area contributed by atoms with Gasteiger partial charge < -0.3 is 10.1 Å². The second kappa shape index (κ2) is 7.12. The molecule has 0 heterocycles. The highest BCUT2D eigenvalue weighted by atomic mass is 16.5. The van der Waals surface area contributed by atoms with Crippen molar-refractivity contribution in [3.05, 3.63) is 59.2 Å². The van der Waals surface area contributed by atoms with E-state index in [2.05, 4.69) is 19.2 Å². The molecule has 1 amide bonds. The second-order valence-electron chi connectivity index (χ2n) is 5.78.